The quantitative estimate of drug-likeness (QED) is 0.260. The molecule has 0 radical (unpaired) electrons. The van der Waals surface area contributed by atoms with E-state index in [9.17, 15) is 4.79 Å². The second kappa shape index (κ2) is 11.7. The van der Waals surface area contributed by atoms with Gasteiger partial charge in [-0.05, 0) is 56.4 Å². The summed E-state index contributed by atoms with van der Waals surface area (Å²) in [5.74, 6) is 0.0782. The van der Waals surface area contributed by atoms with E-state index in [0.717, 1.165) is 17.5 Å². The second-order valence-corrected chi connectivity index (χ2v) is 9.86. The number of nitrogens with one attached hydrogen (secondary N) is 3. The van der Waals surface area contributed by atoms with E-state index in [-0.39, 0.29) is 11.9 Å². The van der Waals surface area contributed by atoms with Gasteiger partial charge in [-0.25, -0.2) is 4.99 Å². The summed E-state index contributed by atoms with van der Waals surface area (Å²) in [4.78, 5) is 27.1. The van der Waals surface area contributed by atoms with Crippen LogP contribution in [0.15, 0.2) is 79.1 Å². The summed E-state index contributed by atoms with van der Waals surface area (Å²) in [6.07, 6.45) is 0.921. The molecule has 0 saturated heterocycles. The summed E-state index contributed by atoms with van der Waals surface area (Å²) >= 11 is 8.02. The van der Waals surface area contributed by atoms with Crippen LogP contribution in [-0.2, 0) is 4.79 Å². The lowest BCUT2D eigenvalue weighted by Crippen LogP contribution is -2.40. The Morgan fingerprint density at radius 2 is 2.05 bits per heavy atom. The number of hydrogen-bond donors (Lipinski definition) is 3. The molecular formula is C27H29ClN6O2S. The predicted octanol–water partition coefficient (Wildman–Crippen LogP) is 6.33. The van der Waals surface area contributed by atoms with Crippen molar-refractivity contribution in [1.82, 2.24) is 15.6 Å². The van der Waals surface area contributed by atoms with Crippen molar-refractivity contribution in [1.29, 1.82) is 0 Å². The molecule has 192 valence electrons. The predicted molar refractivity (Wildman–Crippen MR) is 153 cm³/mol. The fraction of sp³-hybridized carbons (Fsp3) is 0.259. The summed E-state index contributed by atoms with van der Waals surface area (Å²) in [5.41, 5.74) is 5.35. The third-order valence-electron chi connectivity index (χ3n) is 5.81. The van der Waals surface area contributed by atoms with Gasteiger partial charge in [0.1, 0.15) is 11.6 Å². The Labute approximate surface area is 225 Å². The van der Waals surface area contributed by atoms with Crippen LogP contribution in [0.2, 0.25) is 5.02 Å². The Balaban J connectivity index is 1.66. The fourth-order valence-electron chi connectivity index (χ4n) is 3.68. The fourth-order valence-corrected chi connectivity index (χ4v) is 4.76. The van der Waals surface area contributed by atoms with Crippen molar-refractivity contribution in [3.05, 3.63) is 80.9 Å². The van der Waals surface area contributed by atoms with Crippen molar-refractivity contribution in [3.8, 4) is 0 Å². The van der Waals surface area contributed by atoms with Crippen LogP contribution < -0.4 is 16.0 Å². The lowest BCUT2D eigenvalue weighted by Gasteiger charge is -2.27. The van der Waals surface area contributed by atoms with Gasteiger partial charge in [0.25, 0.3) is 5.91 Å². The van der Waals surface area contributed by atoms with E-state index in [1.54, 1.807) is 7.05 Å². The van der Waals surface area contributed by atoms with E-state index in [1.165, 1.54) is 17.3 Å². The summed E-state index contributed by atoms with van der Waals surface area (Å²) in [6, 6.07) is 12.8. The number of aromatic nitrogens is 1. The number of aliphatic imine (C=N–C) groups is 2. The largest absolute Gasteiger partial charge is 0.423 e. The molecule has 2 aromatic carbocycles. The lowest BCUT2D eigenvalue weighted by molar-refractivity contribution is -0.116. The first-order valence-corrected chi connectivity index (χ1v) is 13.1. The molecule has 0 saturated carbocycles. The minimum atomic E-state index is -0.669. The van der Waals surface area contributed by atoms with Gasteiger partial charge >= 0.3 is 6.01 Å². The highest BCUT2D eigenvalue weighted by molar-refractivity contribution is 8.16. The maximum absolute atomic E-state index is 13.5. The number of hydrogen-bond acceptors (Lipinski definition) is 8. The van der Waals surface area contributed by atoms with E-state index >= 15 is 0 Å². The van der Waals surface area contributed by atoms with Gasteiger partial charge in [-0.1, -0.05) is 60.1 Å². The molecule has 1 atom stereocenters. The van der Waals surface area contributed by atoms with Crippen LogP contribution in [-0.4, -0.2) is 29.1 Å². The SMILES string of the molecule is CC/C(C)=C/S/C(=N\C)NC(=O)C1=C(C)NC(Nc2nc3ccccc3o2)=NC1c1ccc(C)cc1Cl. The van der Waals surface area contributed by atoms with Gasteiger partial charge < -0.3 is 15.1 Å². The van der Waals surface area contributed by atoms with Gasteiger partial charge in [-0.15, -0.1) is 0 Å². The summed E-state index contributed by atoms with van der Waals surface area (Å²) in [5, 5.41) is 12.2. The van der Waals surface area contributed by atoms with Crippen LogP contribution in [0.5, 0.6) is 0 Å². The number of oxazole rings is 1. The number of carbonyl (C=O) groups is 1. The number of nitrogens with zero attached hydrogens (tertiary/aromatic N) is 3. The van der Waals surface area contributed by atoms with Crippen molar-refractivity contribution in [2.75, 3.05) is 12.4 Å². The Bertz CT molecular complexity index is 1420. The van der Waals surface area contributed by atoms with Crippen LogP contribution in [0.25, 0.3) is 11.1 Å². The zero-order chi connectivity index (χ0) is 26.5. The van der Waals surface area contributed by atoms with Crippen LogP contribution in [0, 0.1) is 6.92 Å². The number of halogens is 1. The normalized spacial score (nSPS) is 16.5. The highest BCUT2D eigenvalue weighted by Gasteiger charge is 2.31. The molecule has 0 bridgehead atoms. The molecular weight excluding hydrogens is 508 g/mol. The Hall–Kier alpha value is -3.56. The average Bonchev–Trinajstić information content (AvgIpc) is 3.28. The number of carbonyl (C=O) groups excluding carboxylic acids is 1. The molecule has 1 aliphatic rings. The topological polar surface area (TPSA) is 104 Å². The molecule has 0 spiro atoms. The number of amides is 1. The number of amidine groups is 1. The number of para-hydroxylation sites is 2. The number of benzene rings is 2. The summed E-state index contributed by atoms with van der Waals surface area (Å²) in [7, 11) is 1.65. The minimum absolute atomic E-state index is 0.289. The Kier molecular flexibility index (Phi) is 8.35. The lowest BCUT2D eigenvalue weighted by atomic mass is 9.95. The molecule has 37 heavy (non-hydrogen) atoms. The van der Waals surface area contributed by atoms with Crippen molar-refractivity contribution >= 4 is 57.5 Å². The third kappa shape index (κ3) is 6.23. The first kappa shape index (κ1) is 26.5. The monoisotopic (exact) mass is 536 g/mol. The molecule has 1 aromatic heterocycles. The first-order chi connectivity index (χ1) is 17.8. The zero-order valence-corrected chi connectivity index (χ0v) is 22.9. The third-order valence-corrected chi connectivity index (χ3v) is 7.16. The molecule has 1 unspecified atom stereocenters. The molecule has 10 heteroatoms. The number of fused-ring (bicyclic) bond motifs is 1. The molecule has 1 amide bonds. The summed E-state index contributed by atoms with van der Waals surface area (Å²) in [6.45, 7) is 7.90. The standard InChI is InChI=1S/C27H29ClN6O2S/c1-6-15(2)14-37-27(29-5)33-24(35)22-17(4)30-25(32-23(22)18-12-11-16(3)13-19(18)28)34-26-31-20-9-7-8-10-21(20)36-26/h7-14,23H,6H2,1-5H3,(H,29,33,35)(H2,30,31,32,34)/b15-14+. The van der Waals surface area contributed by atoms with Crippen LogP contribution in [0.3, 0.4) is 0 Å². The van der Waals surface area contributed by atoms with Crippen LogP contribution in [0.4, 0.5) is 6.01 Å². The smallest absolute Gasteiger partial charge is 0.302 e. The van der Waals surface area contributed by atoms with Gasteiger partial charge in [0.05, 0.1) is 5.57 Å². The highest BCUT2D eigenvalue weighted by atomic mass is 35.5. The van der Waals surface area contributed by atoms with E-state index in [4.69, 9.17) is 21.0 Å². The number of anilines is 1. The van der Waals surface area contributed by atoms with E-state index in [1.807, 2.05) is 68.6 Å². The van der Waals surface area contributed by atoms with Crippen molar-refractivity contribution in [3.63, 3.8) is 0 Å². The molecule has 0 aliphatic carbocycles. The maximum Gasteiger partial charge on any atom is 0.302 e. The van der Waals surface area contributed by atoms with Gasteiger partial charge in [0.15, 0.2) is 10.8 Å². The van der Waals surface area contributed by atoms with Crippen molar-refractivity contribution in [2.45, 2.75) is 40.2 Å². The van der Waals surface area contributed by atoms with Crippen molar-refractivity contribution < 1.29 is 9.21 Å². The van der Waals surface area contributed by atoms with Crippen molar-refractivity contribution in [2.24, 2.45) is 9.98 Å². The van der Waals surface area contributed by atoms with E-state index in [2.05, 4.69) is 32.9 Å². The molecule has 2 heterocycles. The van der Waals surface area contributed by atoms with Gasteiger partial charge in [-0.2, -0.15) is 4.98 Å². The van der Waals surface area contributed by atoms with E-state index < -0.39 is 6.04 Å². The minimum Gasteiger partial charge on any atom is -0.423 e. The molecule has 4 rings (SSSR count). The Morgan fingerprint density at radius 1 is 1.27 bits per heavy atom. The van der Waals surface area contributed by atoms with Gasteiger partial charge in [-0.3, -0.25) is 15.1 Å². The average molecular weight is 537 g/mol. The number of thioether (sulfide) groups is 1. The van der Waals surface area contributed by atoms with Gasteiger partial charge in [0.2, 0.25) is 5.96 Å². The van der Waals surface area contributed by atoms with Crippen LogP contribution >= 0.6 is 23.4 Å². The molecule has 8 nitrogen and oxygen atoms in total. The second-order valence-electron chi connectivity index (χ2n) is 8.60. The van der Waals surface area contributed by atoms with Gasteiger partial charge in [0, 0.05) is 23.3 Å². The van der Waals surface area contributed by atoms with E-state index in [0.29, 0.717) is 38.6 Å². The zero-order valence-electron chi connectivity index (χ0n) is 21.3. The van der Waals surface area contributed by atoms with Crippen LogP contribution in [0.1, 0.15) is 44.4 Å². The molecule has 3 aromatic rings. The first-order valence-electron chi connectivity index (χ1n) is 11.8. The number of allylic oxidation sites excluding steroid dienone is 2. The highest BCUT2D eigenvalue weighted by Crippen LogP contribution is 2.35. The molecule has 0 fully saturated rings. The number of rotatable bonds is 5. The molecule has 1 aliphatic heterocycles. The molecule has 3 N–H and O–H groups in total. The summed E-state index contributed by atoms with van der Waals surface area (Å²) < 4.78 is 5.79. The number of guanidine groups is 1. The maximum atomic E-state index is 13.5. The number of aryl methyl sites for hydroxylation is 1. The Morgan fingerprint density at radius 3 is 2.76 bits per heavy atom.